The second kappa shape index (κ2) is 2.84. The van der Waals surface area contributed by atoms with Crippen LogP contribution in [0, 0.1) is 0 Å². The zero-order valence-electron chi connectivity index (χ0n) is 8.25. The van der Waals surface area contributed by atoms with E-state index >= 15 is 0 Å². The highest BCUT2D eigenvalue weighted by Gasteiger charge is 2.22. The Balaban J connectivity index is 2.36. The highest BCUT2D eigenvalue weighted by Crippen LogP contribution is 2.22. The number of hydrogen-bond acceptors (Lipinski definition) is 2. The van der Waals surface area contributed by atoms with E-state index in [9.17, 15) is 5.11 Å². The van der Waals surface area contributed by atoms with Gasteiger partial charge in [-0.15, -0.1) is 0 Å². The van der Waals surface area contributed by atoms with Crippen LogP contribution in [0.15, 0.2) is 6.20 Å². The van der Waals surface area contributed by atoms with Crippen molar-refractivity contribution in [2.75, 3.05) is 0 Å². The summed E-state index contributed by atoms with van der Waals surface area (Å²) >= 11 is 0. The summed E-state index contributed by atoms with van der Waals surface area (Å²) in [6.45, 7) is 4.61. The largest absolute Gasteiger partial charge is 0.384 e. The van der Waals surface area contributed by atoms with Crippen molar-refractivity contribution in [2.24, 2.45) is 0 Å². The molecule has 0 bridgehead atoms. The first-order chi connectivity index (χ1) is 6.07. The average molecular weight is 180 g/mol. The quantitative estimate of drug-likeness (QED) is 0.710. The molecule has 72 valence electrons. The Kier molecular flexibility index (Phi) is 1.91. The third-order valence-corrected chi connectivity index (χ3v) is 2.54. The number of imidazole rings is 1. The van der Waals surface area contributed by atoms with E-state index in [0.717, 1.165) is 24.5 Å². The van der Waals surface area contributed by atoms with Gasteiger partial charge in [0.05, 0.1) is 5.69 Å². The van der Waals surface area contributed by atoms with Crippen LogP contribution in [0.4, 0.5) is 0 Å². The molecule has 0 aliphatic carbocycles. The lowest BCUT2D eigenvalue weighted by atomic mass is 10.1. The Morgan fingerprint density at radius 3 is 2.85 bits per heavy atom. The van der Waals surface area contributed by atoms with Crippen molar-refractivity contribution in [3.63, 3.8) is 0 Å². The predicted molar refractivity (Wildman–Crippen MR) is 50.4 cm³/mol. The third kappa shape index (κ3) is 1.61. The highest BCUT2D eigenvalue weighted by atomic mass is 16.3. The van der Waals surface area contributed by atoms with Crippen LogP contribution in [-0.4, -0.2) is 14.7 Å². The molecule has 2 heterocycles. The zero-order chi connectivity index (χ0) is 9.47. The van der Waals surface area contributed by atoms with Crippen molar-refractivity contribution < 1.29 is 5.11 Å². The van der Waals surface area contributed by atoms with Crippen molar-refractivity contribution in [1.29, 1.82) is 0 Å². The molecule has 0 aromatic carbocycles. The van der Waals surface area contributed by atoms with E-state index < -0.39 is 5.60 Å². The van der Waals surface area contributed by atoms with Crippen LogP contribution in [0.3, 0.4) is 0 Å². The van der Waals surface area contributed by atoms with Crippen molar-refractivity contribution in [3.05, 3.63) is 17.7 Å². The Morgan fingerprint density at radius 1 is 1.46 bits per heavy atom. The lowest BCUT2D eigenvalue weighted by Crippen LogP contribution is -2.15. The lowest BCUT2D eigenvalue weighted by Gasteiger charge is -2.12. The van der Waals surface area contributed by atoms with E-state index in [2.05, 4.69) is 9.55 Å². The maximum absolute atomic E-state index is 9.76. The molecule has 0 saturated carbocycles. The molecule has 0 saturated heterocycles. The summed E-state index contributed by atoms with van der Waals surface area (Å²) < 4.78 is 2.16. The molecule has 0 atom stereocenters. The van der Waals surface area contributed by atoms with Gasteiger partial charge in [0.1, 0.15) is 11.4 Å². The summed E-state index contributed by atoms with van der Waals surface area (Å²) in [6.07, 6.45) is 5.49. The highest BCUT2D eigenvalue weighted by molar-refractivity contribution is 5.12. The van der Waals surface area contributed by atoms with Gasteiger partial charge in [-0.2, -0.15) is 0 Å². The van der Waals surface area contributed by atoms with E-state index in [0.29, 0.717) is 0 Å². The molecule has 1 aromatic rings. The predicted octanol–water partition coefficient (Wildman–Crippen LogP) is 1.45. The van der Waals surface area contributed by atoms with E-state index in [1.165, 1.54) is 12.8 Å². The molecule has 1 aliphatic heterocycles. The van der Waals surface area contributed by atoms with Crippen molar-refractivity contribution in [1.82, 2.24) is 9.55 Å². The monoisotopic (exact) mass is 180 g/mol. The van der Waals surface area contributed by atoms with Gasteiger partial charge in [0, 0.05) is 19.2 Å². The van der Waals surface area contributed by atoms with Gasteiger partial charge in [-0.05, 0) is 26.7 Å². The van der Waals surface area contributed by atoms with Gasteiger partial charge < -0.3 is 9.67 Å². The molecule has 0 radical (unpaired) electrons. The van der Waals surface area contributed by atoms with Gasteiger partial charge in [-0.1, -0.05) is 0 Å². The van der Waals surface area contributed by atoms with Crippen LogP contribution in [0.5, 0.6) is 0 Å². The first-order valence-corrected chi connectivity index (χ1v) is 4.86. The number of hydrogen-bond donors (Lipinski definition) is 1. The van der Waals surface area contributed by atoms with Gasteiger partial charge in [0.15, 0.2) is 0 Å². The number of nitrogens with zero attached hydrogens (tertiary/aromatic N) is 2. The molecule has 0 amide bonds. The summed E-state index contributed by atoms with van der Waals surface area (Å²) in [6, 6.07) is 0. The molecule has 3 nitrogen and oxygen atoms in total. The Hall–Kier alpha value is -0.830. The number of rotatable bonds is 1. The van der Waals surface area contributed by atoms with E-state index in [1.807, 2.05) is 6.20 Å². The molecule has 0 spiro atoms. The van der Waals surface area contributed by atoms with E-state index in [-0.39, 0.29) is 0 Å². The first-order valence-electron chi connectivity index (χ1n) is 4.86. The minimum atomic E-state index is -0.801. The average Bonchev–Trinajstić information content (AvgIpc) is 2.45. The fourth-order valence-corrected chi connectivity index (χ4v) is 1.71. The summed E-state index contributed by atoms with van der Waals surface area (Å²) in [5.41, 5.74) is -0.00551. The molecular formula is C10H16N2O. The van der Waals surface area contributed by atoms with Crippen LogP contribution >= 0.6 is 0 Å². The van der Waals surface area contributed by atoms with Crippen molar-refractivity contribution in [2.45, 2.75) is 45.3 Å². The van der Waals surface area contributed by atoms with Crippen LogP contribution in [0.2, 0.25) is 0 Å². The number of fused-ring (bicyclic) bond motifs is 1. The smallest absolute Gasteiger partial charge is 0.109 e. The van der Waals surface area contributed by atoms with Crippen LogP contribution < -0.4 is 0 Å². The fraction of sp³-hybridized carbons (Fsp3) is 0.700. The second-order valence-electron chi connectivity index (χ2n) is 4.25. The molecule has 1 aliphatic rings. The summed E-state index contributed by atoms with van der Waals surface area (Å²) in [5, 5.41) is 9.76. The van der Waals surface area contributed by atoms with Crippen LogP contribution in [0.1, 0.15) is 38.2 Å². The molecule has 0 unspecified atom stereocenters. The maximum atomic E-state index is 9.76. The van der Waals surface area contributed by atoms with Crippen molar-refractivity contribution in [3.8, 4) is 0 Å². The summed E-state index contributed by atoms with van der Waals surface area (Å²) in [7, 11) is 0. The lowest BCUT2D eigenvalue weighted by molar-refractivity contribution is 0.0741. The Morgan fingerprint density at radius 2 is 2.23 bits per heavy atom. The Labute approximate surface area is 78.4 Å². The molecule has 2 rings (SSSR count). The van der Waals surface area contributed by atoms with Crippen molar-refractivity contribution >= 4 is 0 Å². The van der Waals surface area contributed by atoms with Crippen LogP contribution in [-0.2, 0) is 18.6 Å². The van der Waals surface area contributed by atoms with Gasteiger partial charge in [-0.3, -0.25) is 0 Å². The molecule has 1 aromatic heterocycles. The zero-order valence-corrected chi connectivity index (χ0v) is 8.25. The van der Waals surface area contributed by atoms with Crippen LogP contribution in [0.25, 0.3) is 0 Å². The maximum Gasteiger partial charge on any atom is 0.109 e. The van der Waals surface area contributed by atoms with Gasteiger partial charge in [0.25, 0.3) is 0 Å². The third-order valence-electron chi connectivity index (χ3n) is 2.54. The normalized spacial score (nSPS) is 17.2. The van der Waals surface area contributed by atoms with E-state index in [1.54, 1.807) is 13.8 Å². The molecule has 0 fully saturated rings. The van der Waals surface area contributed by atoms with Gasteiger partial charge in [-0.25, -0.2) is 4.98 Å². The molecule has 13 heavy (non-hydrogen) atoms. The standard InChI is InChI=1S/C10H16N2O/c1-10(2,13)8-7-12-6-4-3-5-9(12)11-8/h7,13H,3-6H2,1-2H3. The second-order valence-corrected chi connectivity index (χ2v) is 4.25. The molecular weight excluding hydrogens is 164 g/mol. The number of aromatic nitrogens is 2. The minimum Gasteiger partial charge on any atom is -0.384 e. The summed E-state index contributed by atoms with van der Waals surface area (Å²) in [4.78, 5) is 4.44. The SMILES string of the molecule is CC(C)(O)c1cn2c(n1)CCCC2. The first kappa shape index (κ1) is 8.75. The van der Waals surface area contributed by atoms with Gasteiger partial charge >= 0.3 is 0 Å². The fourth-order valence-electron chi connectivity index (χ4n) is 1.71. The topological polar surface area (TPSA) is 38.0 Å². The minimum absolute atomic E-state index is 0.796. The molecule has 3 heteroatoms. The number of aryl methyl sites for hydroxylation is 2. The number of aliphatic hydroxyl groups is 1. The van der Waals surface area contributed by atoms with E-state index in [4.69, 9.17) is 0 Å². The molecule has 1 N–H and O–H groups in total. The summed E-state index contributed by atoms with van der Waals surface area (Å²) in [5.74, 6) is 1.13. The Bertz CT molecular complexity index is 286. The van der Waals surface area contributed by atoms with Gasteiger partial charge in [0.2, 0.25) is 0 Å².